The molecule has 0 bridgehead atoms. The minimum absolute atomic E-state index is 0.0458. The SMILES string of the molecule is CCOC(=O)/C=C/c1cc(S(=O)(=O)Nc2ccon2)ccc1I. The average molecular weight is 448 g/mol. The molecule has 2 rings (SSSR count). The second kappa shape index (κ2) is 7.59. The molecule has 0 amide bonds. The summed E-state index contributed by atoms with van der Waals surface area (Å²) in [5, 5.41) is 3.50. The number of hydrogen-bond acceptors (Lipinski definition) is 6. The molecule has 1 heterocycles. The van der Waals surface area contributed by atoms with Crippen LogP contribution in [0.25, 0.3) is 6.08 Å². The molecule has 1 N–H and O–H groups in total. The number of carbonyl (C=O) groups excluding carboxylic acids is 1. The van der Waals surface area contributed by atoms with Gasteiger partial charge in [0.05, 0.1) is 11.5 Å². The highest BCUT2D eigenvalue weighted by molar-refractivity contribution is 14.1. The molecule has 1 aromatic heterocycles. The molecule has 9 heteroatoms. The summed E-state index contributed by atoms with van der Waals surface area (Å²) in [4.78, 5) is 11.4. The van der Waals surface area contributed by atoms with Gasteiger partial charge in [-0.3, -0.25) is 4.72 Å². The van der Waals surface area contributed by atoms with Crippen LogP contribution in [0.1, 0.15) is 12.5 Å². The van der Waals surface area contributed by atoms with Crippen molar-refractivity contribution in [2.24, 2.45) is 0 Å². The Bertz CT molecular complexity index is 816. The first-order chi connectivity index (χ1) is 10.9. The first kappa shape index (κ1) is 17.5. The Morgan fingerprint density at radius 3 is 2.87 bits per heavy atom. The predicted octanol–water partition coefficient (Wildman–Crippen LogP) is 2.66. The summed E-state index contributed by atoms with van der Waals surface area (Å²) in [5.74, 6) is -0.399. The summed E-state index contributed by atoms with van der Waals surface area (Å²) in [7, 11) is -3.80. The van der Waals surface area contributed by atoms with E-state index >= 15 is 0 Å². The van der Waals surface area contributed by atoms with E-state index in [1.165, 1.54) is 36.6 Å². The second-order valence-corrected chi connectivity index (χ2v) is 7.10. The van der Waals surface area contributed by atoms with Crippen molar-refractivity contribution in [1.82, 2.24) is 5.16 Å². The summed E-state index contributed by atoms with van der Waals surface area (Å²) in [5.41, 5.74) is 0.585. The maximum atomic E-state index is 12.3. The van der Waals surface area contributed by atoms with E-state index in [-0.39, 0.29) is 17.3 Å². The van der Waals surface area contributed by atoms with Crippen molar-refractivity contribution >= 4 is 50.5 Å². The Balaban J connectivity index is 2.27. The number of aromatic nitrogens is 1. The van der Waals surface area contributed by atoms with E-state index in [2.05, 4.69) is 37.0 Å². The Morgan fingerprint density at radius 1 is 1.43 bits per heavy atom. The summed E-state index contributed by atoms with van der Waals surface area (Å²) in [6.45, 7) is 1.98. The molecule has 0 unspecified atom stereocenters. The van der Waals surface area contributed by atoms with E-state index in [9.17, 15) is 13.2 Å². The molecular weight excluding hydrogens is 435 g/mol. The van der Waals surface area contributed by atoms with Gasteiger partial charge in [0, 0.05) is 15.7 Å². The molecule has 0 radical (unpaired) electrons. The molecule has 1 aromatic carbocycles. The standard InChI is InChI=1S/C14H13IN2O5S/c1-2-21-14(18)6-3-10-9-11(4-5-12(10)15)23(19,20)17-13-7-8-22-16-13/h3-9H,2H2,1H3,(H,16,17)/b6-3+. The Morgan fingerprint density at radius 2 is 2.22 bits per heavy atom. The van der Waals surface area contributed by atoms with Gasteiger partial charge in [-0.2, -0.15) is 0 Å². The fourth-order valence-electron chi connectivity index (χ4n) is 1.63. The molecule has 0 fully saturated rings. The van der Waals surface area contributed by atoms with Gasteiger partial charge in [0.15, 0.2) is 5.82 Å². The number of rotatable bonds is 6. The normalized spacial score (nSPS) is 11.6. The third kappa shape index (κ3) is 4.79. The smallest absolute Gasteiger partial charge is 0.330 e. The van der Waals surface area contributed by atoms with Gasteiger partial charge in [-0.15, -0.1) is 0 Å². The number of halogens is 1. The number of esters is 1. The number of benzene rings is 1. The van der Waals surface area contributed by atoms with Gasteiger partial charge in [0.2, 0.25) is 0 Å². The Kier molecular flexibility index (Phi) is 5.77. The molecule has 23 heavy (non-hydrogen) atoms. The van der Waals surface area contributed by atoms with Crippen molar-refractivity contribution in [2.75, 3.05) is 11.3 Å². The van der Waals surface area contributed by atoms with Crippen LogP contribution in [-0.2, 0) is 19.6 Å². The molecule has 0 saturated carbocycles. The topological polar surface area (TPSA) is 98.5 Å². The van der Waals surface area contributed by atoms with Crippen molar-refractivity contribution < 1.29 is 22.5 Å². The lowest BCUT2D eigenvalue weighted by Gasteiger charge is -2.07. The summed E-state index contributed by atoms with van der Waals surface area (Å²) in [6, 6.07) is 5.96. The van der Waals surface area contributed by atoms with E-state index in [1.54, 1.807) is 13.0 Å². The van der Waals surface area contributed by atoms with Crippen LogP contribution in [0.4, 0.5) is 5.82 Å². The van der Waals surface area contributed by atoms with Crippen LogP contribution in [0, 0.1) is 3.57 Å². The van der Waals surface area contributed by atoms with E-state index in [0.29, 0.717) is 5.56 Å². The lowest BCUT2D eigenvalue weighted by atomic mass is 10.2. The van der Waals surface area contributed by atoms with Crippen molar-refractivity contribution in [3.05, 3.63) is 45.7 Å². The molecular formula is C14H13IN2O5S. The van der Waals surface area contributed by atoms with Gasteiger partial charge in [0.1, 0.15) is 6.26 Å². The quantitative estimate of drug-likeness (QED) is 0.415. The molecule has 0 spiro atoms. The predicted molar refractivity (Wildman–Crippen MR) is 92.1 cm³/mol. The van der Waals surface area contributed by atoms with Crippen LogP contribution in [0.2, 0.25) is 0 Å². The molecule has 0 atom stereocenters. The van der Waals surface area contributed by atoms with Crippen molar-refractivity contribution in [1.29, 1.82) is 0 Å². The zero-order valence-electron chi connectivity index (χ0n) is 12.0. The number of sulfonamides is 1. The lowest BCUT2D eigenvalue weighted by Crippen LogP contribution is -2.13. The molecule has 0 aliphatic carbocycles. The Hall–Kier alpha value is -1.88. The first-order valence-corrected chi connectivity index (χ1v) is 9.06. The molecule has 2 aromatic rings. The van der Waals surface area contributed by atoms with Gasteiger partial charge in [0.25, 0.3) is 10.0 Å². The first-order valence-electron chi connectivity index (χ1n) is 6.50. The van der Waals surface area contributed by atoms with Gasteiger partial charge < -0.3 is 9.26 Å². The van der Waals surface area contributed by atoms with E-state index in [0.717, 1.165) is 3.57 Å². The zero-order valence-corrected chi connectivity index (χ0v) is 15.0. The monoisotopic (exact) mass is 448 g/mol. The summed E-state index contributed by atoms with van der Waals surface area (Å²) >= 11 is 2.05. The highest BCUT2D eigenvalue weighted by atomic mass is 127. The van der Waals surface area contributed by atoms with Crippen LogP contribution in [0.5, 0.6) is 0 Å². The molecule has 0 aliphatic heterocycles. The van der Waals surface area contributed by atoms with Crippen LogP contribution in [-0.4, -0.2) is 26.2 Å². The number of carbonyl (C=O) groups is 1. The number of nitrogens with one attached hydrogen (secondary N) is 1. The van der Waals surface area contributed by atoms with Crippen molar-refractivity contribution in [3.63, 3.8) is 0 Å². The maximum absolute atomic E-state index is 12.3. The van der Waals surface area contributed by atoms with Gasteiger partial charge >= 0.3 is 5.97 Å². The number of ether oxygens (including phenoxy) is 1. The van der Waals surface area contributed by atoms with Gasteiger partial charge in [-0.25, -0.2) is 13.2 Å². The maximum Gasteiger partial charge on any atom is 0.330 e. The Labute approximate surface area is 146 Å². The largest absolute Gasteiger partial charge is 0.463 e. The van der Waals surface area contributed by atoms with Crippen LogP contribution in [0.3, 0.4) is 0 Å². The van der Waals surface area contributed by atoms with E-state index in [4.69, 9.17) is 4.74 Å². The number of hydrogen-bond donors (Lipinski definition) is 1. The zero-order chi connectivity index (χ0) is 16.9. The fourth-order valence-corrected chi connectivity index (χ4v) is 3.17. The highest BCUT2D eigenvalue weighted by Gasteiger charge is 2.16. The third-order valence-corrected chi connectivity index (χ3v) is 4.97. The minimum atomic E-state index is -3.80. The van der Waals surface area contributed by atoms with Gasteiger partial charge in [-0.05, 0) is 59.4 Å². The molecule has 7 nitrogen and oxygen atoms in total. The minimum Gasteiger partial charge on any atom is -0.463 e. The fraction of sp³-hybridized carbons (Fsp3) is 0.143. The average Bonchev–Trinajstić information content (AvgIpc) is 2.98. The molecule has 122 valence electrons. The molecule has 0 saturated heterocycles. The molecule has 0 aliphatic rings. The summed E-state index contributed by atoms with van der Waals surface area (Å²) < 4.78 is 37.1. The van der Waals surface area contributed by atoms with Crippen LogP contribution in [0.15, 0.2) is 46.0 Å². The highest BCUT2D eigenvalue weighted by Crippen LogP contribution is 2.21. The van der Waals surface area contributed by atoms with Crippen LogP contribution < -0.4 is 4.72 Å². The second-order valence-electron chi connectivity index (χ2n) is 4.26. The van der Waals surface area contributed by atoms with Crippen molar-refractivity contribution in [2.45, 2.75) is 11.8 Å². The number of nitrogens with zero attached hydrogens (tertiary/aromatic N) is 1. The third-order valence-electron chi connectivity index (χ3n) is 2.64. The van der Waals surface area contributed by atoms with E-state index < -0.39 is 16.0 Å². The van der Waals surface area contributed by atoms with Gasteiger partial charge in [-0.1, -0.05) is 5.16 Å². The van der Waals surface area contributed by atoms with Crippen molar-refractivity contribution in [3.8, 4) is 0 Å². The number of anilines is 1. The van der Waals surface area contributed by atoms with E-state index in [1.807, 2.05) is 0 Å². The summed E-state index contributed by atoms with van der Waals surface area (Å²) in [6.07, 6.45) is 4.02. The lowest BCUT2D eigenvalue weighted by molar-refractivity contribution is -0.137. The van der Waals surface area contributed by atoms with Crippen LogP contribution >= 0.6 is 22.6 Å².